The molecule has 0 saturated carbocycles. The van der Waals surface area contributed by atoms with Crippen LogP contribution in [-0.2, 0) is 0 Å². The highest BCUT2D eigenvalue weighted by Gasteiger charge is 2.23. The van der Waals surface area contributed by atoms with Crippen molar-refractivity contribution in [3.63, 3.8) is 0 Å². The van der Waals surface area contributed by atoms with Gasteiger partial charge in [-0.3, -0.25) is 5.10 Å². The number of benzene rings is 1. The predicted molar refractivity (Wildman–Crippen MR) is 76.0 cm³/mol. The Kier molecular flexibility index (Phi) is 3.59. The predicted octanol–water partition coefficient (Wildman–Crippen LogP) is 1.94. The lowest BCUT2D eigenvalue weighted by Crippen LogP contribution is -2.54. The third-order valence-corrected chi connectivity index (χ3v) is 3.51. The lowest BCUT2D eigenvalue weighted by atomic mass is 10.1. The normalized spacial score (nSPS) is 22.6. The lowest BCUT2D eigenvalue weighted by molar-refractivity contribution is 0.403. The Morgan fingerprint density at radius 3 is 2.52 bits per heavy atom. The summed E-state index contributed by atoms with van der Waals surface area (Å²) < 4.78 is 26.2. The van der Waals surface area contributed by atoms with Gasteiger partial charge in [0.15, 0.2) is 17.5 Å². The molecular formula is C14H17F2N5. The number of hydrogen-bond acceptors (Lipinski definition) is 4. The van der Waals surface area contributed by atoms with E-state index >= 15 is 0 Å². The van der Waals surface area contributed by atoms with Crippen molar-refractivity contribution in [2.75, 3.05) is 18.0 Å². The molecule has 1 aromatic heterocycles. The average molecular weight is 293 g/mol. The zero-order valence-electron chi connectivity index (χ0n) is 11.9. The van der Waals surface area contributed by atoms with Gasteiger partial charge in [0.25, 0.3) is 0 Å². The van der Waals surface area contributed by atoms with E-state index in [-0.39, 0.29) is 0 Å². The molecule has 3 rings (SSSR count). The minimum Gasteiger partial charge on any atom is -0.336 e. The van der Waals surface area contributed by atoms with Crippen molar-refractivity contribution in [2.24, 2.45) is 0 Å². The van der Waals surface area contributed by atoms with Gasteiger partial charge in [0.2, 0.25) is 5.95 Å². The number of hydrogen-bond donors (Lipinski definition) is 2. The van der Waals surface area contributed by atoms with E-state index < -0.39 is 11.6 Å². The molecule has 1 fully saturated rings. The summed E-state index contributed by atoms with van der Waals surface area (Å²) >= 11 is 0. The molecule has 0 radical (unpaired) electrons. The molecule has 0 aliphatic carbocycles. The number of H-pyrrole nitrogens is 1. The van der Waals surface area contributed by atoms with Crippen molar-refractivity contribution in [1.82, 2.24) is 20.5 Å². The van der Waals surface area contributed by atoms with Gasteiger partial charge in [-0.1, -0.05) is 0 Å². The molecule has 5 nitrogen and oxygen atoms in total. The van der Waals surface area contributed by atoms with Crippen LogP contribution in [0, 0.1) is 11.6 Å². The number of nitrogens with one attached hydrogen (secondary N) is 2. The second-order valence-corrected chi connectivity index (χ2v) is 5.49. The molecular weight excluding hydrogens is 276 g/mol. The largest absolute Gasteiger partial charge is 0.336 e. The average Bonchev–Trinajstić information content (AvgIpc) is 2.90. The first-order chi connectivity index (χ1) is 10.0. The molecule has 2 N–H and O–H groups in total. The zero-order valence-corrected chi connectivity index (χ0v) is 11.9. The van der Waals surface area contributed by atoms with Gasteiger partial charge in [0.05, 0.1) is 0 Å². The molecule has 112 valence electrons. The molecule has 1 aliphatic heterocycles. The molecule has 7 heteroatoms. The van der Waals surface area contributed by atoms with E-state index in [4.69, 9.17) is 0 Å². The van der Waals surface area contributed by atoms with Crippen LogP contribution in [0.3, 0.4) is 0 Å². The Morgan fingerprint density at radius 1 is 1.14 bits per heavy atom. The Labute approximate surface area is 121 Å². The third-order valence-electron chi connectivity index (χ3n) is 3.51. The van der Waals surface area contributed by atoms with Crippen LogP contribution in [0.25, 0.3) is 11.4 Å². The fourth-order valence-corrected chi connectivity index (χ4v) is 2.66. The molecule has 2 atom stereocenters. The van der Waals surface area contributed by atoms with Crippen LogP contribution < -0.4 is 10.2 Å². The van der Waals surface area contributed by atoms with E-state index in [1.54, 1.807) is 0 Å². The number of rotatable bonds is 2. The summed E-state index contributed by atoms with van der Waals surface area (Å²) in [4.78, 5) is 6.46. The van der Waals surface area contributed by atoms with Gasteiger partial charge < -0.3 is 10.2 Å². The summed E-state index contributed by atoms with van der Waals surface area (Å²) in [6, 6.07) is 4.37. The Morgan fingerprint density at radius 2 is 1.86 bits per heavy atom. The lowest BCUT2D eigenvalue weighted by Gasteiger charge is -2.35. The molecule has 1 aromatic carbocycles. The maximum Gasteiger partial charge on any atom is 0.245 e. The molecule has 1 aliphatic rings. The fraction of sp³-hybridized carbons (Fsp3) is 0.429. The number of aromatic nitrogens is 3. The molecule has 21 heavy (non-hydrogen) atoms. The molecule has 0 bridgehead atoms. The summed E-state index contributed by atoms with van der Waals surface area (Å²) in [5.41, 5.74) is 0.476. The van der Waals surface area contributed by atoms with Gasteiger partial charge in [0.1, 0.15) is 0 Å². The minimum absolute atomic E-state index is 0.346. The molecule has 2 unspecified atom stereocenters. The summed E-state index contributed by atoms with van der Waals surface area (Å²) in [6.45, 7) is 5.82. The van der Waals surface area contributed by atoms with Gasteiger partial charge in [-0.05, 0) is 32.0 Å². The first-order valence-corrected chi connectivity index (χ1v) is 6.92. The standard InChI is InChI=1S/C14H17F2N5/c1-8-6-21(7-9(2)17-8)14-18-13(19-20-14)10-3-4-11(15)12(16)5-10/h3-5,8-9,17H,6-7H2,1-2H3,(H,18,19,20). The van der Waals surface area contributed by atoms with Crippen molar-refractivity contribution in [3.05, 3.63) is 29.8 Å². The summed E-state index contributed by atoms with van der Waals surface area (Å²) in [6.07, 6.45) is 0. The Hall–Kier alpha value is -2.02. The summed E-state index contributed by atoms with van der Waals surface area (Å²) in [7, 11) is 0. The highest BCUT2D eigenvalue weighted by Crippen LogP contribution is 2.21. The first kappa shape index (κ1) is 13.9. The second kappa shape index (κ2) is 5.40. The van der Waals surface area contributed by atoms with Crippen LogP contribution in [0.2, 0.25) is 0 Å². The van der Waals surface area contributed by atoms with Gasteiger partial charge in [-0.25, -0.2) is 8.78 Å². The Balaban J connectivity index is 1.84. The molecule has 2 heterocycles. The molecule has 2 aromatic rings. The number of aromatic amines is 1. The van der Waals surface area contributed by atoms with Crippen LogP contribution in [0.15, 0.2) is 18.2 Å². The smallest absolute Gasteiger partial charge is 0.245 e. The highest BCUT2D eigenvalue weighted by molar-refractivity contribution is 5.56. The van der Waals surface area contributed by atoms with E-state index in [9.17, 15) is 8.78 Å². The van der Waals surface area contributed by atoms with Crippen LogP contribution in [0.5, 0.6) is 0 Å². The Bertz CT molecular complexity index is 632. The number of halogens is 2. The number of piperazine rings is 1. The summed E-state index contributed by atoms with van der Waals surface area (Å²) in [5, 5.41) is 10.4. The number of anilines is 1. The third kappa shape index (κ3) is 2.87. The van der Waals surface area contributed by atoms with Crippen molar-refractivity contribution < 1.29 is 8.78 Å². The van der Waals surface area contributed by atoms with E-state index in [0.29, 0.717) is 29.4 Å². The van der Waals surface area contributed by atoms with Crippen LogP contribution >= 0.6 is 0 Å². The van der Waals surface area contributed by atoms with Crippen LogP contribution in [0.4, 0.5) is 14.7 Å². The minimum atomic E-state index is -0.894. The van der Waals surface area contributed by atoms with Gasteiger partial charge in [-0.15, -0.1) is 5.10 Å². The monoisotopic (exact) mass is 293 g/mol. The van der Waals surface area contributed by atoms with Crippen molar-refractivity contribution >= 4 is 5.95 Å². The van der Waals surface area contributed by atoms with E-state index in [0.717, 1.165) is 25.2 Å². The second-order valence-electron chi connectivity index (χ2n) is 5.49. The van der Waals surface area contributed by atoms with Gasteiger partial charge >= 0.3 is 0 Å². The van der Waals surface area contributed by atoms with E-state index in [1.165, 1.54) is 6.07 Å². The van der Waals surface area contributed by atoms with Gasteiger partial charge in [0, 0.05) is 30.7 Å². The first-order valence-electron chi connectivity index (χ1n) is 6.92. The van der Waals surface area contributed by atoms with Crippen molar-refractivity contribution in [2.45, 2.75) is 25.9 Å². The van der Waals surface area contributed by atoms with Gasteiger partial charge in [-0.2, -0.15) is 4.98 Å². The maximum absolute atomic E-state index is 13.3. The van der Waals surface area contributed by atoms with Crippen LogP contribution in [-0.4, -0.2) is 40.4 Å². The fourth-order valence-electron chi connectivity index (χ4n) is 2.66. The molecule has 1 saturated heterocycles. The van der Waals surface area contributed by atoms with E-state index in [1.807, 2.05) is 0 Å². The zero-order chi connectivity index (χ0) is 15.0. The molecule has 0 amide bonds. The van der Waals surface area contributed by atoms with Crippen molar-refractivity contribution in [3.8, 4) is 11.4 Å². The van der Waals surface area contributed by atoms with E-state index in [2.05, 4.69) is 39.2 Å². The van der Waals surface area contributed by atoms with Crippen molar-refractivity contribution in [1.29, 1.82) is 0 Å². The number of nitrogens with zero attached hydrogens (tertiary/aromatic N) is 3. The maximum atomic E-state index is 13.3. The summed E-state index contributed by atoms with van der Waals surface area (Å²) in [5.74, 6) is -0.754. The molecule has 0 spiro atoms. The quantitative estimate of drug-likeness (QED) is 0.888. The highest BCUT2D eigenvalue weighted by atomic mass is 19.2. The topological polar surface area (TPSA) is 56.8 Å². The SMILES string of the molecule is CC1CN(c2n[nH]c(-c3ccc(F)c(F)c3)n2)CC(C)N1. The van der Waals surface area contributed by atoms with Crippen LogP contribution in [0.1, 0.15) is 13.8 Å².